The fourth-order valence-corrected chi connectivity index (χ4v) is 2.22. The predicted molar refractivity (Wildman–Crippen MR) is 81.3 cm³/mol. The minimum Gasteiger partial charge on any atom is -0.382 e. The first-order valence-corrected chi connectivity index (χ1v) is 7.77. The lowest BCUT2D eigenvalue weighted by molar-refractivity contribution is 0.0316. The Balaban J connectivity index is 2.20. The second kappa shape index (κ2) is 10.6. The van der Waals surface area contributed by atoms with E-state index in [1.807, 2.05) is 24.3 Å². The Morgan fingerprint density at radius 1 is 1.11 bits per heavy atom. The van der Waals surface area contributed by atoms with Gasteiger partial charge in [0.25, 0.3) is 0 Å². The Kier molecular flexibility index (Phi) is 9.47. The lowest BCUT2D eigenvalue weighted by Crippen LogP contribution is -2.10. The molecule has 0 N–H and O–H groups in total. The maximum atomic E-state index is 5.87. The van der Waals surface area contributed by atoms with E-state index in [1.165, 1.54) is 0 Å². The van der Waals surface area contributed by atoms with Gasteiger partial charge in [-0.25, -0.2) is 0 Å². The molecule has 0 aliphatic carbocycles. The van der Waals surface area contributed by atoms with E-state index >= 15 is 0 Å². The average molecular weight is 352 g/mol. The summed E-state index contributed by atoms with van der Waals surface area (Å²) in [5.74, 6) is 0. The third-order valence-corrected chi connectivity index (χ3v) is 3.41. The van der Waals surface area contributed by atoms with Crippen LogP contribution in [0.2, 0.25) is 5.02 Å². The van der Waals surface area contributed by atoms with Crippen LogP contribution in [-0.2, 0) is 14.2 Å². The first kappa shape index (κ1) is 16.9. The highest BCUT2D eigenvalue weighted by molar-refractivity contribution is 9.09. The van der Waals surface area contributed by atoms with Crippen molar-refractivity contribution < 1.29 is 14.2 Å². The molecule has 0 spiro atoms. The summed E-state index contributed by atoms with van der Waals surface area (Å²) >= 11 is 9.34. The summed E-state index contributed by atoms with van der Waals surface area (Å²) < 4.78 is 16.1. The normalized spacial score (nSPS) is 12.6. The van der Waals surface area contributed by atoms with Gasteiger partial charge in [0, 0.05) is 30.7 Å². The van der Waals surface area contributed by atoms with Gasteiger partial charge < -0.3 is 14.2 Å². The molecule has 1 aromatic rings. The molecule has 0 fully saturated rings. The molecule has 1 unspecified atom stereocenters. The zero-order chi connectivity index (χ0) is 13.9. The highest BCUT2D eigenvalue weighted by Gasteiger charge is 2.09. The topological polar surface area (TPSA) is 27.7 Å². The van der Waals surface area contributed by atoms with Gasteiger partial charge in [0.1, 0.15) is 0 Å². The summed E-state index contributed by atoms with van der Waals surface area (Å²) in [4.78, 5) is 0. The van der Waals surface area contributed by atoms with Gasteiger partial charge in [-0.15, -0.1) is 0 Å². The van der Waals surface area contributed by atoms with Crippen molar-refractivity contribution in [3.63, 3.8) is 0 Å². The summed E-state index contributed by atoms with van der Waals surface area (Å²) in [5.41, 5.74) is 1.13. The highest BCUT2D eigenvalue weighted by atomic mass is 79.9. The first-order valence-electron chi connectivity index (χ1n) is 6.27. The second-order valence-electron chi connectivity index (χ2n) is 4.02. The molecule has 1 rings (SSSR count). The lowest BCUT2D eigenvalue weighted by Gasteiger charge is -2.16. The lowest BCUT2D eigenvalue weighted by atomic mass is 10.1. The summed E-state index contributed by atoms with van der Waals surface area (Å²) in [6.07, 6.45) is 0.928. The third kappa shape index (κ3) is 7.28. The number of hydrogen-bond acceptors (Lipinski definition) is 3. The van der Waals surface area contributed by atoms with Crippen molar-refractivity contribution >= 4 is 27.5 Å². The smallest absolute Gasteiger partial charge is 0.0921 e. The van der Waals surface area contributed by atoms with E-state index in [4.69, 9.17) is 25.8 Å². The summed E-state index contributed by atoms with van der Waals surface area (Å²) in [6.45, 7) is 2.63. The largest absolute Gasteiger partial charge is 0.382 e. The van der Waals surface area contributed by atoms with Crippen LogP contribution in [0.4, 0.5) is 0 Å². The fraction of sp³-hybridized carbons (Fsp3) is 0.571. The van der Waals surface area contributed by atoms with Crippen LogP contribution in [0.5, 0.6) is 0 Å². The molecule has 1 aromatic carbocycles. The number of benzene rings is 1. The van der Waals surface area contributed by atoms with Crippen molar-refractivity contribution in [1.29, 1.82) is 0 Å². The van der Waals surface area contributed by atoms with Crippen molar-refractivity contribution in [3.05, 3.63) is 34.9 Å². The number of methoxy groups -OCH3 is 1. The summed E-state index contributed by atoms with van der Waals surface area (Å²) in [6, 6.07) is 7.74. The van der Waals surface area contributed by atoms with Crippen molar-refractivity contribution in [2.45, 2.75) is 12.5 Å². The van der Waals surface area contributed by atoms with Crippen molar-refractivity contribution in [1.82, 2.24) is 0 Å². The van der Waals surface area contributed by atoms with Crippen LogP contribution in [0.15, 0.2) is 24.3 Å². The molecule has 3 nitrogen and oxygen atoms in total. The molecule has 0 aliphatic rings. The molecule has 0 aliphatic heterocycles. The summed E-state index contributed by atoms with van der Waals surface area (Å²) in [7, 11) is 1.67. The van der Waals surface area contributed by atoms with E-state index in [9.17, 15) is 0 Å². The molecule has 0 bridgehead atoms. The second-order valence-corrected chi connectivity index (χ2v) is 5.11. The maximum absolute atomic E-state index is 5.87. The van der Waals surface area contributed by atoms with Gasteiger partial charge in [0.05, 0.1) is 19.3 Å². The molecule has 0 amide bonds. The Hall–Kier alpha value is -0.130. The fourth-order valence-electron chi connectivity index (χ4n) is 1.54. The quantitative estimate of drug-likeness (QED) is 0.473. The van der Waals surface area contributed by atoms with Crippen molar-refractivity contribution in [2.24, 2.45) is 0 Å². The van der Waals surface area contributed by atoms with Gasteiger partial charge in [0.2, 0.25) is 0 Å². The molecule has 5 heteroatoms. The molecule has 0 saturated heterocycles. The Labute approximate surface area is 128 Å². The van der Waals surface area contributed by atoms with Gasteiger partial charge in [-0.05, 0) is 24.1 Å². The van der Waals surface area contributed by atoms with Gasteiger partial charge in [0.15, 0.2) is 0 Å². The number of alkyl halides is 1. The summed E-state index contributed by atoms with van der Waals surface area (Å²) in [5, 5.41) is 1.50. The van der Waals surface area contributed by atoms with Crippen LogP contribution in [-0.4, -0.2) is 38.9 Å². The van der Waals surface area contributed by atoms with E-state index in [0.29, 0.717) is 26.4 Å². The van der Waals surface area contributed by atoms with Crippen LogP contribution in [0, 0.1) is 0 Å². The van der Waals surface area contributed by atoms with E-state index < -0.39 is 0 Å². The van der Waals surface area contributed by atoms with Crippen LogP contribution < -0.4 is 0 Å². The first-order chi connectivity index (χ1) is 9.27. The van der Waals surface area contributed by atoms with E-state index in [2.05, 4.69) is 15.9 Å². The van der Waals surface area contributed by atoms with Gasteiger partial charge in [-0.1, -0.05) is 39.7 Å². The monoisotopic (exact) mass is 350 g/mol. The minimum atomic E-state index is 0.0521. The zero-order valence-electron chi connectivity index (χ0n) is 11.1. The molecular weight excluding hydrogens is 332 g/mol. The Morgan fingerprint density at radius 3 is 2.47 bits per heavy atom. The molecule has 0 aromatic heterocycles. The van der Waals surface area contributed by atoms with E-state index in [1.54, 1.807) is 7.11 Å². The Morgan fingerprint density at radius 2 is 1.84 bits per heavy atom. The SMILES string of the molecule is COCCOCCCOC(CBr)c1ccc(Cl)cc1. The molecule has 19 heavy (non-hydrogen) atoms. The average Bonchev–Trinajstić information content (AvgIpc) is 2.43. The third-order valence-electron chi connectivity index (χ3n) is 2.57. The molecule has 108 valence electrons. The predicted octanol–water partition coefficient (Wildman–Crippen LogP) is 3.85. The number of ether oxygens (including phenoxy) is 3. The highest BCUT2D eigenvalue weighted by Crippen LogP contribution is 2.21. The van der Waals surface area contributed by atoms with E-state index in [-0.39, 0.29) is 6.10 Å². The number of hydrogen-bond donors (Lipinski definition) is 0. The van der Waals surface area contributed by atoms with Crippen LogP contribution in [0.1, 0.15) is 18.1 Å². The van der Waals surface area contributed by atoms with Crippen LogP contribution in [0.25, 0.3) is 0 Å². The van der Waals surface area contributed by atoms with Gasteiger partial charge in [-0.2, -0.15) is 0 Å². The zero-order valence-corrected chi connectivity index (χ0v) is 13.5. The van der Waals surface area contributed by atoms with Crippen molar-refractivity contribution in [3.8, 4) is 0 Å². The number of halogens is 2. The molecule has 0 radical (unpaired) electrons. The Bertz CT molecular complexity index is 332. The van der Waals surface area contributed by atoms with E-state index in [0.717, 1.165) is 22.3 Å². The minimum absolute atomic E-state index is 0.0521. The van der Waals surface area contributed by atoms with Crippen molar-refractivity contribution in [2.75, 3.05) is 38.9 Å². The molecule has 1 atom stereocenters. The molecular formula is C14H20BrClO3. The van der Waals surface area contributed by atoms with Crippen LogP contribution >= 0.6 is 27.5 Å². The van der Waals surface area contributed by atoms with Crippen LogP contribution in [0.3, 0.4) is 0 Å². The molecule has 0 saturated carbocycles. The van der Waals surface area contributed by atoms with Gasteiger partial charge in [-0.3, -0.25) is 0 Å². The number of rotatable bonds is 10. The molecule has 0 heterocycles. The standard InChI is InChI=1S/C14H20BrClO3/c1-17-9-10-18-7-2-8-19-14(11-15)12-3-5-13(16)6-4-12/h3-6,14H,2,7-11H2,1H3. The van der Waals surface area contributed by atoms with Gasteiger partial charge >= 0.3 is 0 Å². The maximum Gasteiger partial charge on any atom is 0.0921 e.